The first-order valence-electron chi connectivity index (χ1n) is 12.7. The van der Waals surface area contributed by atoms with E-state index in [0.29, 0.717) is 0 Å². The van der Waals surface area contributed by atoms with Crippen molar-refractivity contribution < 1.29 is 17.7 Å². The van der Waals surface area contributed by atoms with Gasteiger partial charge in [0.15, 0.2) is 0 Å². The van der Waals surface area contributed by atoms with Crippen molar-refractivity contribution in [2.45, 2.75) is 156 Å². The van der Waals surface area contributed by atoms with Crippen LogP contribution in [0.2, 0.25) is 24.2 Å². The first-order valence-corrected chi connectivity index (χ1v) is 17.2. The first kappa shape index (κ1) is 30.3. The Hall–Kier alpha value is 0.274. The highest BCUT2D eigenvalue weighted by atomic mass is 28.4. The lowest BCUT2D eigenvalue weighted by molar-refractivity contribution is 0.0994. The second kappa shape index (κ2) is 16.0. The van der Waals surface area contributed by atoms with Crippen molar-refractivity contribution in [1.82, 2.24) is 0 Å². The van der Waals surface area contributed by atoms with Crippen LogP contribution in [0.4, 0.5) is 0 Å². The maximum Gasteiger partial charge on any atom is 0.338 e. The van der Waals surface area contributed by atoms with Crippen LogP contribution in [0.3, 0.4) is 0 Å². The topological polar surface area (TPSA) is 36.9 Å². The monoisotopic (exact) mass is 462 g/mol. The average Bonchev–Trinajstić information content (AvgIpc) is 2.60. The minimum atomic E-state index is -2.19. The van der Waals surface area contributed by atoms with Gasteiger partial charge in [0, 0.05) is 24.4 Å². The van der Waals surface area contributed by atoms with E-state index in [-0.39, 0.29) is 24.4 Å². The van der Waals surface area contributed by atoms with Gasteiger partial charge in [-0.2, -0.15) is 0 Å². The number of rotatable bonds is 19. The summed E-state index contributed by atoms with van der Waals surface area (Å²) >= 11 is 0. The quantitative estimate of drug-likeness (QED) is 0.144. The van der Waals surface area contributed by atoms with Crippen molar-refractivity contribution in [2.75, 3.05) is 0 Å². The molecule has 0 unspecified atom stereocenters. The summed E-state index contributed by atoms with van der Waals surface area (Å²) in [5, 5.41) is 0. The summed E-state index contributed by atoms with van der Waals surface area (Å²) in [7, 11) is -4.39. The predicted molar refractivity (Wildman–Crippen MR) is 135 cm³/mol. The van der Waals surface area contributed by atoms with Gasteiger partial charge < -0.3 is 17.7 Å². The highest BCUT2D eigenvalue weighted by molar-refractivity contribution is 6.68. The van der Waals surface area contributed by atoms with Crippen LogP contribution in [0.15, 0.2) is 0 Å². The fourth-order valence-electron chi connectivity index (χ4n) is 4.18. The molecule has 0 aliphatic heterocycles. The van der Waals surface area contributed by atoms with E-state index >= 15 is 0 Å². The third-order valence-electron chi connectivity index (χ3n) is 4.99. The highest BCUT2D eigenvalue weighted by Gasteiger charge is 2.41. The van der Waals surface area contributed by atoms with Gasteiger partial charge >= 0.3 is 17.1 Å². The summed E-state index contributed by atoms with van der Waals surface area (Å²) in [5.41, 5.74) is 0. The average molecular weight is 463 g/mol. The molecule has 0 N–H and O–H groups in total. The standard InChI is InChI=1S/C24H54O4Si2/c1-11-13-17-29(25-21(3)4,26-22(5)6)19-15-16-20-30(18-14-12-2,27-23(7)8)28-24(9)10/h21-24H,11-20H2,1-10H3. The molecule has 0 bridgehead atoms. The molecule has 0 aromatic heterocycles. The first-order chi connectivity index (χ1) is 14.0. The molecule has 0 heterocycles. The number of unbranched alkanes of at least 4 members (excludes halogenated alkanes) is 3. The Labute approximate surface area is 191 Å². The van der Waals surface area contributed by atoms with Gasteiger partial charge in [0.1, 0.15) is 0 Å². The van der Waals surface area contributed by atoms with Gasteiger partial charge in [0.05, 0.1) is 0 Å². The van der Waals surface area contributed by atoms with E-state index in [2.05, 4.69) is 69.2 Å². The molecule has 0 aromatic rings. The van der Waals surface area contributed by atoms with Crippen LogP contribution >= 0.6 is 0 Å². The minimum absolute atomic E-state index is 0.221. The van der Waals surface area contributed by atoms with Crippen molar-refractivity contribution in [1.29, 1.82) is 0 Å². The van der Waals surface area contributed by atoms with Gasteiger partial charge in [0.2, 0.25) is 0 Å². The summed E-state index contributed by atoms with van der Waals surface area (Å²) in [6, 6.07) is 4.35. The van der Waals surface area contributed by atoms with E-state index in [1.807, 2.05) is 0 Å². The molecule has 0 saturated heterocycles. The van der Waals surface area contributed by atoms with Gasteiger partial charge in [-0.3, -0.25) is 0 Å². The fraction of sp³-hybridized carbons (Fsp3) is 1.00. The summed E-state index contributed by atoms with van der Waals surface area (Å²) in [4.78, 5) is 0. The molecule has 0 aromatic carbocycles. The molecular formula is C24H54O4Si2. The van der Waals surface area contributed by atoms with E-state index in [1.165, 1.54) is 25.7 Å². The van der Waals surface area contributed by atoms with Crippen LogP contribution in [0.25, 0.3) is 0 Å². The van der Waals surface area contributed by atoms with E-state index in [4.69, 9.17) is 17.7 Å². The SMILES string of the molecule is CCCC[Si](CCCC[Si](CCCC)(OC(C)C)OC(C)C)(OC(C)C)OC(C)C. The lowest BCUT2D eigenvalue weighted by Crippen LogP contribution is -2.47. The number of hydrogen-bond donors (Lipinski definition) is 0. The molecule has 0 spiro atoms. The van der Waals surface area contributed by atoms with Gasteiger partial charge in [-0.25, -0.2) is 0 Å². The van der Waals surface area contributed by atoms with Crippen LogP contribution in [-0.2, 0) is 17.7 Å². The number of hydrogen-bond acceptors (Lipinski definition) is 4. The van der Waals surface area contributed by atoms with E-state index in [9.17, 15) is 0 Å². The van der Waals surface area contributed by atoms with Crippen molar-refractivity contribution in [3.63, 3.8) is 0 Å². The van der Waals surface area contributed by atoms with Crippen molar-refractivity contribution in [3.8, 4) is 0 Å². The van der Waals surface area contributed by atoms with Gasteiger partial charge in [-0.05, 0) is 79.6 Å². The van der Waals surface area contributed by atoms with E-state index in [0.717, 1.165) is 37.0 Å². The maximum atomic E-state index is 6.54. The fourth-order valence-corrected chi connectivity index (χ4v) is 12.5. The second-order valence-electron chi connectivity index (χ2n) is 9.90. The zero-order chi connectivity index (χ0) is 23.2. The smallest absolute Gasteiger partial charge is 0.338 e. The third-order valence-corrected chi connectivity index (χ3v) is 13.1. The Morgan fingerprint density at radius 1 is 0.433 bits per heavy atom. The van der Waals surface area contributed by atoms with Gasteiger partial charge in [0.25, 0.3) is 0 Å². The normalized spacial score (nSPS) is 13.4. The van der Waals surface area contributed by atoms with E-state index < -0.39 is 17.1 Å². The van der Waals surface area contributed by atoms with Crippen molar-refractivity contribution >= 4 is 17.1 Å². The van der Waals surface area contributed by atoms with Crippen molar-refractivity contribution in [3.05, 3.63) is 0 Å². The lowest BCUT2D eigenvalue weighted by atomic mass is 10.4. The van der Waals surface area contributed by atoms with E-state index in [1.54, 1.807) is 0 Å². The van der Waals surface area contributed by atoms with Crippen molar-refractivity contribution in [2.24, 2.45) is 0 Å². The summed E-state index contributed by atoms with van der Waals surface area (Å²) in [5.74, 6) is 0. The molecule has 0 radical (unpaired) electrons. The van der Waals surface area contributed by atoms with Gasteiger partial charge in [-0.15, -0.1) is 0 Å². The molecule has 4 nitrogen and oxygen atoms in total. The zero-order valence-electron chi connectivity index (χ0n) is 22.0. The Morgan fingerprint density at radius 2 is 0.667 bits per heavy atom. The van der Waals surface area contributed by atoms with Gasteiger partial charge in [-0.1, -0.05) is 52.4 Å². The molecule has 0 aliphatic carbocycles. The zero-order valence-corrected chi connectivity index (χ0v) is 24.0. The molecule has 0 saturated carbocycles. The predicted octanol–water partition coefficient (Wildman–Crippen LogP) is 7.95. The Kier molecular flexibility index (Phi) is 16.1. The molecule has 0 amide bonds. The summed E-state index contributed by atoms with van der Waals surface area (Å²) < 4.78 is 26.2. The summed E-state index contributed by atoms with van der Waals surface area (Å²) in [6.07, 6.45) is 7.92. The molecular weight excluding hydrogens is 408 g/mol. The molecule has 30 heavy (non-hydrogen) atoms. The van der Waals surface area contributed by atoms with Crippen LogP contribution in [-0.4, -0.2) is 41.5 Å². The third kappa shape index (κ3) is 13.6. The lowest BCUT2D eigenvalue weighted by Gasteiger charge is -2.36. The summed E-state index contributed by atoms with van der Waals surface area (Å²) in [6.45, 7) is 21.7. The maximum absolute atomic E-state index is 6.54. The molecule has 0 rings (SSSR count). The Morgan fingerprint density at radius 3 is 0.867 bits per heavy atom. The van der Waals surface area contributed by atoms with Crippen LogP contribution in [0.5, 0.6) is 0 Å². The highest BCUT2D eigenvalue weighted by Crippen LogP contribution is 2.31. The largest absolute Gasteiger partial charge is 0.392 e. The van der Waals surface area contributed by atoms with Crippen LogP contribution in [0.1, 0.15) is 108 Å². The molecule has 182 valence electrons. The molecule has 0 aliphatic rings. The van der Waals surface area contributed by atoms with Crippen LogP contribution < -0.4 is 0 Å². The molecule has 0 fully saturated rings. The minimum Gasteiger partial charge on any atom is -0.392 e. The molecule has 6 heteroatoms. The molecule has 0 atom stereocenters. The Balaban J connectivity index is 5.22. The Bertz CT molecular complexity index is 356. The second-order valence-corrected chi connectivity index (χ2v) is 16.5. The van der Waals surface area contributed by atoms with Crippen LogP contribution in [0, 0.1) is 0 Å².